The Morgan fingerprint density at radius 3 is 2.88 bits per heavy atom. The van der Waals surface area contributed by atoms with Gasteiger partial charge in [0.05, 0.1) is 0 Å². The van der Waals surface area contributed by atoms with Crippen LogP contribution in [-0.2, 0) is 18.3 Å². The lowest BCUT2D eigenvalue weighted by Gasteiger charge is -2.01. The summed E-state index contributed by atoms with van der Waals surface area (Å²) >= 11 is 2.83. The van der Waals surface area contributed by atoms with Crippen LogP contribution >= 0.6 is 23.1 Å². The zero-order valence-electron chi connectivity index (χ0n) is 13.3. The smallest absolute Gasteiger partial charge is 0.226 e. The van der Waals surface area contributed by atoms with Gasteiger partial charge in [-0.25, -0.2) is 14.1 Å². The lowest BCUT2D eigenvalue weighted by atomic mass is 10.1. The summed E-state index contributed by atoms with van der Waals surface area (Å²) in [5, 5.41) is 15.1. The number of nitrogens with one attached hydrogen (secondary N) is 1. The van der Waals surface area contributed by atoms with E-state index in [4.69, 9.17) is 0 Å². The molecule has 0 radical (unpaired) electrons. The SMILES string of the molecule is Cn1nnnc1SCCC(=O)Nc1ncc(Cc2ccc(F)cc2)s1. The minimum Gasteiger partial charge on any atom is -0.302 e. The van der Waals surface area contributed by atoms with Crippen molar-refractivity contribution in [2.75, 3.05) is 11.1 Å². The summed E-state index contributed by atoms with van der Waals surface area (Å²) in [7, 11) is 1.75. The van der Waals surface area contributed by atoms with Crippen molar-refractivity contribution in [1.29, 1.82) is 0 Å². The molecule has 0 saturated carbocycles. The highest BCUT2D eigenvalue weighted by Gasteiger charge is 2.09. The minimum absolute atomic E-state index is 0.106. The Morgan fingerprint density at radius 2 is 2.16 bits per heavy atom. The minimum atomic E-state index is -0.254. The average molecular weight is 378 g/mol. The number of aromatic nitrogens is 5. The summed E-state index contributed by atoms with van der Waals surface area (Å²) < 4.78 is 14.5. The maximum Gasteiger partial charge on any atom is 0.226 e. The average Bonchev–Trinajstić information content (AvgIpc) is 3.19. The molecule has 130 valence electrons. The number of aryl methyl sites for hydroxylation is 1. The summed E-state index contributed by atoms with van der Waals surface area (Å²) in [6.07, 6.45) is 2.72. The van der Waals surface area contributed by atoms with Gasteiger partial charge in [-0.3, -0.25) is 4.79 Å². The maximum atomic E-state index is 12.9. The molecule has 7 nitrogen and oxygen atoms in total. The lowest BCUT2D eigenvalue weighted by molar-refractivity contribution is -0.115. The zero-order valence-corrected chi connectivity index (χ0v) is 15.0. The van der Waals surface area contributed by atoms with Crippen LogP contribution in [-0.4, -0.2) is 36.9 Å². The number of tetrazole rings is 1. The molecule has 3 rings (SSSR count). The number of anilines is 1. The number of amides is 1. The fraction of sp³-hybridized carbons (Fsp3) is 0.267. The molecule has 2 aromatic heterocycles. The Balaban J connectivity index is 1.46. The summed E-state index contributed by atoms with van der Waals surface area (Å²) in [6.45, 7) is 0. The molecule has 0 unspecified atom stereocenters. The molecule has 1 amide bonds. The second-order valence-electron chi connectivity index (χ2n) is 5.17. The van der Waals surface area contributed by atoms with Crippen LogP contribution in [0.4, 0.5) is 9.52 Å². The number of carbonyl (C=O) groups is 1. The van der Waals surface area contributed by atoms with Crippen LogP contribution in [0.3, 0.4) is 0 Å². The Hall–Kier alpha value is -2.33. The van der Waals surface area contributed by atoms with Crippen molar-refractivity contribution in [3.8, 4) is 0 Å². The molecule has 0 atom stereocenters. The van der Waals surface area contributed by atoms with Crippen LogP contribution in [0.1, 0.15) is 16.9 Å². The van der Waals surface area contributed by atoms with Gasteiger partial charge < -0.3 is 5.32 Å². The summed E-state index contributed by atoms with van der Waals surface area (Å²) in [5.41, 5.74) is 0.997. The van der Waals surface area contributed by atoms with Gasteiger partial charge in [0.25, 0.3) is 0 Å². The standard InChI is InChI=1S/C15H15FN6OS2/c1-22-15(19-20-21-22)24-7-6-13(23)18-14-17-9-12(25-14)8-10-2-4-11(16)5-3-10/h2-5,9H,6-8H2,1H3,(H,17,18,23). The molecule has 2 heterocycles. The third-order valence-electron chi connectivity index (χ3n) is 3.23. The third-order valence-corrected chi connectivity index (χ3v) is 5.16. The van der Waals surface area contributed by atoms with E-state index in [1.807, 2.05) is 0 Å². The molecule has 0 spiro atoms. The number of thioether (sulfide) groups is 1. The number of rotatable bonds is 7. The van der Waals surface area contributed by atoms with Crippen molar-refractivity contribution in [2.45, 2.75) is 18.0 Å². The van der Waals surface area contributed by atoms with Crippen molar-refractivity contribution in [2.24, 2.45) is 7.05 Å². The fourth-order valence-electron chi connectivity index (χ4n) is 2.01. The van der Waals surface area contributed by atoms with E-state index in [-0.39, 0.29) is 11.7 Å². The topological polar surface area (TPSA) is 85.6 Å². The summed E-state index contributed by atoms with van der Waals surface area (Å²) in [5.74, 6) is 0.217. The Bertz CT molecular complexity index is 848. The van der Waals surface area contributed by atoms with Gasteiger partial charge in [0.2, 0.25) is 11.1 Å². The zero-order chi connectivity index (χ0) is 17.6. The van der Waals surface area contributed by atoms with Crippen LogP contribution in [0, 0.1) is 5.82 Å². The van der Waals surface area contributed by atoms with E-state index in [2.05, 4.69) is 25.8 Å². The second-order valence-corrected chi connectivity index (χ2v) is 7.34. The van der Waals surface area contributed by atoms with E-state index < -0.39 is 0 Å². The number of thiazole rings is 1. The molecule has 0 aliphatic rings. The predicted octanol–water partition coefficient (Wildman–Crippen LogP) is 2.52. The first-order valence-corrected chi connectivity index (χ1v) is 9.24. The number of hydrogen-bond donors (Lipinski definition) is 1. The van der Waals surface area contributed by atoms with Crippen molar-refractivity contribution in [1.82, 2.24) is 25.2 Å². The summed E-state index contributed by atoms with van der Waals surface area (Å²) in [6, 6.07) is 6.35. The number of halogens is 1. The highest BCUT2D eigenvalue weighted by Crippen LogP contribution is 2.22. The van der Waals surface area contributed by atoms with Gasteiger partial charge in [-0.2, -0.15) is 0 Å². The second kappa shape index (κ2) is 8.17. The van der Waals surface area contributed by atoms with Crippen LogP contribution < -0.4 is 5.32 Å². The molecule has 1 aromatic carbocycles. The van der Waals surface area contributed by atoms with E-state index in [1.165, 1.54) is 35.2 Å². The monoisotopic (exact) mass is 378 g/mol. The number of carbonyl (C=O) groups excluding carboxylic acids is 1. The molecular weight excluding hydrogens is 363 g/mol. The number of hydrogen-bond acceptors (Lipinski definition) is 7. The number of benzene rings is 1. The van der Waals surface area contributed by atoms with Gasteiger partial charge in [-0.05, 0) is 28.1 Å². The van der Waals surface area contributed by atoms with E-state index in [1.54, 1.807) is 30.1 Å². The van der Waals surface area contributed by atoms with Crippen molar-refractivity contribution in [3.63, 3.8) is 0 Å². The molecule has 3 aromatic rings. The first-order chi connectivity index (χ1) is 12.1. The maximum absolute atomic E-state index is 12.9. The van der Waals surface area contributed by atoms with Gasteiger partial charge in [0.15, 0.2) is 5.13 Å². The van der Waals surface area contributed by atoms with Crippen molar-refractivity contribution < 1.29 is 9.18 Å². The van der Waals surface area contributed by atoms with E-state index in [0.717, 1.165) is 10.4 Å². The van der Waals surface area contributed by atoms with Crippen LogP contribution in [0.25, 0.3) is 0 Å². The molecule has 25 heavy (non-hydrogen) atoms. The normalized spacial score (nSPS) is 10.8. The van der Waals surface area contributed by atoms with Gasteiger partial charge in [0, 0.05) is 36.7 Å². The Labute approximate surface area is 151 Å². The number of nitrogens with zero attached hydrogens (tertiary/aromatic N) is 5. The van der Waals surface area contributed by atoms with Crippen molar-refractivity contribution >= 4 is 34.1 Å². The van der Waals surface area contributed by atoms with Crippen LogP contribution in [0.15, 0.2) is 35.6 Å². The highest BCUT2D eigenvalue weighted by atomic mass is 32.2. The largest absolute Gasteiger partial charge is 0.302 e. The van der Waals surface area contributed by atoms with E-state index >= 15 is 0 Å². The molecule has 1 N–H and O–H groups in total. The molecule has 0 saturated heterocycles. The lowest BCUT2D eigenvalue weighted by Crippen LogP contribution is -2.12. The Kier molecular flexibility index (Phi) is 5.71. The first-order valence-electron chi connectivity index (χ1n) is 7.44. The highest BCUT2D eigenvalue weighted by molar-refractivity contribution is 7.99. The first kappa shape index (κ1) is 17.5. The van der Waals surface area contributed by atoms with Crippen molar-refractivity contribution in [3.05, 3.63) is 46.7 Å². The van der Waals surface area contributed by atoms with Gasteiger partial charge in [0.1, 0.15) is 5.82 Å². The van der Waals surface area contributed by atoms with E-state index in [0.29, 0.717) is 28.9 Å². The summed E-state index contributed by atoms with van der Waals surface area (Å²) in [4.78, 5) is 17.2. The molecule has 0 aliphatic heterocycles. The fourth-order valence-corrected chi connectivity index (χ4v) is 3.66. The van der Waals surface area contributed by atoms with Crippen LogP contribution in [0.5, 0.6) is 0 Å². The quantitative estimate of drug-likeness (QED) is 0.636. The Morgan fingerprint density at radius 1 is 1.36 bits per heavy atom. The van der Waals surface area contributed by atoms with Gasteiger partial charge in [-0.15, -0.1) is 16.4 Å². The van der Waals surface area contributed by atoms with Crippen LogP contribution in [0.2, 0.25) is 0 Å². The third kappa shape index (κ3) is 5.07. The van der Waals surface area contributed by atoms with Gasteiger partial charge in [-0.1, -0.05) is 23.9 Å². The molecule has 0 aliphatic carbocycles. The van der Waals surface area contributed by atoms with E-state index in [9.17, 15) is 9.18 Å². The molecule has 0 bridgehead atoms. The molecule has 10 heteroatoms. The van der Waals surface area contributed by atoms with Gasteiger partial charge >= 0.3 is 0 Å². The molecule has 0 fully saturated rings. The molecular formula is C15H15FN6OS2. The predicted molar refractivity (Wildman–Crippen MR) is 94.1 cm³/mol.